The molecule has 4 nitrogen and oxygen atoms in total. The molecule has 0 spiro atoms. The van der Waals surface area contributed by atoms with E-state index in [-0.39, 0.29) is 0 Å². The van der Waals surface area contributed by atoms with Crippen LogP contribution < -0.4 is 0 Å². The molecule has 0 aromatic heterocycles. The van der Waals surface area contributed by atoms with Crippen LogP contribution in [-0.2, 0) is 9.59 Å². The SMILES string of the molecule is CCCC(=O)O.CCCC(=O)O.CCCCCC. The number of unbranched alkanes of at least 4 members (excludes halogenated alkanes) is 3. The van der Waals surface area contributed by atoms with Gasteiger partial charge in [-0.05, 0) is 12.8 Å². The number of carboxylic acids is 2. The molecule has 0 aromatic carbocycles. The summed E-state index contributed by atoms with van der Waals surface area (Å²) in [6.45, 7) is 8.15. The van der Waals surface area contributed by atoms with Crippen LogP contribution in [0.4, 0.5) is 0 Å². The van der Waals surface area contributed by atoms with Crippen molar-refractivity contribution < 1.29 is 19.8 Å². The third kappa shape index (κ3) is 46.1. The van der Waals surface area contributed by atoms with Gasteiger partial charge < -0.3 is 10.2 Å². The van der Waals surface area contributed by atoms with Gasteiger partial charge >= 0.3 is 11.9 Å². The number of hydrogen-bond donors (Lipinski definition) is 2. The minimum atomic E-state index is -0.711. The summed E-state index contributed by atoms with van der Waals surface area (Å²) in [7, 11) is 0. The maximum absolute atomic E-state index is 9.60. The minimum absolute atomic E-state index is 0.292. The lowest BCUT2D eigenvalue weighted by Crippen LogP contribution is -1.90. The summed E-state index contributed by atoms with van der Waals surface area (Å²) < 4.78 is 0. The standard InChI is InChI=1S/C6H14.2C4H8O2/c1-3-5-6-4-2;2*1-2-3-4(5)6/h3-6H2,1-2H3;2*2-3H2,1H3,(H,5,6). The predicted molar refractivity (Wildman–Crippen MR) is 74.9 cm³/mol. The molecule has 110 valence electrons. The van der Waals surface area contributed by atoms with Gasteiger partial charge in [0.15, 0.2) is 0 Å². The second kappa shape index (κ2) is 21.2. The second-order valence-corrected chi connectivity index (χ2v) is 3.99. The van der Waals surface area contributed by atoms with Crippen LogP contribution in [0.25, 0.3) is 0 Å². The molecule has 2 N–H and O–H groups in total. The van der Waals surface area contributed by atoms with Crippen molar-refractivity contribution in [2.24, 2.45) is 0 Å². The maximum atomic E-state index is 9.60. The van der Waals surface area contributed by atoms with Gasteiger partial charge in [0.1, 0.15) is 0 Å². The molecule has 0 radical (unpaired) electrons. The average Bonchev–Trinajstić information content (AvgIpc) is 2.27. The summed E-state index contributed by atoms with van der Waals surface area (Å²) in [4.78, 5) is 19.2. The Morgan fingerprint density at radius 1 is 0.667 bits per heavy atom. The van der Waals surface area contributed by atoms with Crippen molar-refractivity contribution in [1.82, 2.24) is 0 Å². The van der Waals surface area contributed by atoms with Gasteiger partial charge in [0.05, 0.1) is 0 Å². The van der Waals surface area contributed by atoms with Crippen molar-refractivity contribution in [1.29, 1.82) is 0 Å². The number of carbonyl (C=O) groups is 2. The smallest absolute Gasteiger partial charge is 0.303 e. The van der Waals surface area contributed by atoms with E-state index in [1.54, 1.807) is 0 Å². The molecule has 0 heterocycles. The van der Waals surface area contributed by atoms with E-state index in [2.05, 4.69) is 13.8 Å². The Morgan fingerprint density at radius 3 is 1.00 bits per heavy atom. The summed E-state index contributed by atoms with van der Waals surface area (Å²) in [5.41, 5.74) is 0. The largest absolute Gasteiger partial charge is 0.481 e. The fraction of sp³-hybridized carbons (Fsp3) is 0.857. The van der Waals surface area contributed by atoms with Crippen LogP contribution in [0, 0.1) is 0 Å². The third-order valence-electron chi connectivity index (χ3n) is 1.88. The first kappa shape index (κ1) is 22.1. The molecule has 0 bridgehead atoms. The molecular formula is C14H30O4. The topological polar surface area (TPSA) is 74.6 Å². The van der Waals surface area contributed by atoms with E-state index in [1.807, 2.05) is 13.8 Å². The Hall–Kier alpha value is -1.06. The molecule has 0 rings (SSSR count). The van der Waals surface area contributed by atoms with E-state index < -0.39 is 11.9 Å². The van der Waals surface area contributed by atoms with E-state index in [0.29, 0.717) is 12.8 Å². The van der Waals surface area contributed by atoms with Gasteiger partial charge in [0, 0.05) is 12.8 Å². The molecule has 4 heteroatoms. The molecular weight excluding hydrogens is 232 g/mol. The quantitative estimate of drug-likeness (QED) is 0.670. The zero-order valence-corrected chi connectivity index (χ0v) is 12.4. The lowest BCUT2D eigenvalue weighted by Gasteiger charge is -1.86. The second-order valence-electron chi connectivity index (χ2n) is 3.99. The summed E-state index contributed by atoms with van der Waals surface area (Å²) >= 11 is 0. The van der Waals surface area contributed by atoms with Gasteiger partial charge in [-0.1, -0.05) is 53.4 Å². The minimum Gasteiger partial charge on any atom is -0.481 e. The van der Waals surface area contributed by atoms with Crippen LogP contribution in [0.2, 0.25) is 0 Å². The van der Waals surface area contributed by atoms with Crippen LogP contribution in [0.3, 0.4) is 0 Å². The first-order chi connectivity index (χ1) is 8.45. The van der Waals surface area contributed by atoms with Crippen LogP contribution in [0.5, 0.6) is 0 Å². The van der Waals surface area contributed by atoms with E-state index >= 15 is 0 Å². The van der Waals surface area contributed by atoms with Crippen LogP contribution in [0.15, 0.2) is 0 Å². The summed E-state index contributed by atoms with van der Waals surface area (Å²) in [6, 6.07) is 0. The summed E-state index contributed by atoms with van der Waals surface area (Å²) in [5.74, 6) is -1.42. The molecule has 0 atom stereocenters. The Labute approximate surface area is 111 Å². The Bertz CT molecular complexity index is 159. The highest BCUT2D eigenvalue weighted by Gasteiger charge is 1.88. The first-order valence-corrected chi connectivity index (χ1v) is 6.89. The monoisotopic (exact) mass is 262 g/mol. The van der Waals surface area contributed by atoms with Crippen LogP contribution in [0.1, 0.15) is 79.1 Å². The fourth-order valence-electron chi connectivity index (χ4n) is 0.928. The van der Waals surface area contributed by atoms with Gasteiger partial charge in [0.2, 0.25) is 0 Å². The predicted octanol–water partition coefficient (Wildman–Crippen LogP) is 4.33. The Morgan fingerprint density at radius 2 is 0.944 bits per heavy atom. The molecule has 0 aromatic rings. The normalized spacial score (nSPS) is 8.44. The maximum Gasteiger partial charge on any atom is 0.303 e. The van der Waals surface area contributed by atoms with Crippen molar-refractivity contribution >= 4 is 11.9 Å². The van der Waals surface area contributed by atoms with Crippen LogP contribution >= 0.6 is 0 Å². The molecule has 18 heavy (non-hydrogen) atoms. The molecule has 0 fully saturated rings. The first-order valence-electron chi connectivity index (χ1n) is 6.89. The van der Waals surface area contributed by atoms with Crippen LogP contribution in [-0.4, -0.2) is 22.2 Å². The molecule has 0 aliphatic rings. The highest BCUT2D eigenvalue weighted by Crippen LogP contribution is 1.95. The summed E-state index contributed by atoms with van der Waals surface area (Å²) in [6.07, 6.45) is 7.58. The highest BCUT2D eigenvalue weighted by atomic mass is 16.4. The molecule has 0 unspecified atom stereocenters. The van der Waals surface area contributed by atoms with E-state index in [4.69, 9.17) is 10.2 Å². The lowest BCUT2D eigenvalue weighted by molar-refractivity contribution is -0.138. The van der Waals surface area contributed by atoms with Gasteiger partial charge in [-0.15, -0.1) is 0 Å². The van der Waals surface area contributed by atoms with E-state index in [9.17, 15) is 9.59 Å². The average molecular weight is 262 g/mol. The van der Waals surface area contributed by atoms with Crippen molar-refractivity contribution in [3.63, 3.8) is 0 Å². The molecule has 0 aliphatic heterocycles. The highest BCUT2D eigenvalue weighted by molar-refractivity contribution is 5.66. The summed E-state index contributed by atoms with van der Waals surface area (Å²) in [5, 5.41) is 15.8. The Kier molecular flexibility index (Phi) is 26.1. The molecule has 0 saturated carbocycles. The lowest BCUT2D eigenvalue weighted by atomic mass is 10.2. The zero-order valence-electron chi connectivity index (χ0n) is 12.4. The number of hydrogen-bond acceptors (Lipinski definition) is 2. The fourth-order valence-corrected chi connectivity index (χ4v) is 0.928. The van der Waals surface area contributed by atoms with E-state index in [1.165, 1.54) is 25.7 Å². The van der Waals surface area contributed by atoms with Gasteiger partial charge in [-0.25, -0.2) is 0 Å². The molecule has 0 saturated heterocycles. The number of aliphatic carboxylic acids is 2. The van der Waals surface area contributed by atoms with Gasteiger partial charge in [0.25, 0.3) is 0 Å². The van der Waals surface area contributed by atoms with Crippen molar-refractivity contribution in [2.75, 3.05) is 0 Å². The Balaban J connectivity index is -0.000000187. The number of rotatable bonds is 7. The third-order valence-corrected chi connectivity index (χ3v) is 1.88. The zero-order chi connectivity index (χ0) is 14.8. The number of carboxylic acid groups (broad SMARTS) is 2. The van der Waals surface area contributed by atoms with Gasteiger partial charge in [-0.3, -0.25) is 9.59 Å². The van der Waals surface area contributed by atoms with Crippen molar-refractivity contribution in [3.8, 4) is 0 Å². The van der Waals surface area contributed by atoms with Gasteiger partial charge in [-0.2, -0.15) is 0 Å². The molecule has 0 aliphatic carbocycles. The molecule has 0 amide bonds. The van der Waals surface area contributed by atoms with Crippen molar-refractivity contribution in [2.45, 2.75) is 79.1 Å². The van der Waals surface area contributed by atoms with Crippen molar-refractivity contribution in [3.05, 3.63) is 0 Å². The van der Waals surface area contributed by atoms with E-state index in [0.717, 1.165) is 12.8 Å².